The molecule has 0 spiro atoms. The van der Waals surface area contributed by atoms with Crippen LogP contribution in [-0.4, -0.2) is 38.2 Å². The zero-order valence-corrected chi connectivity index (χ0v) is 15.7. The molecule has 3 heterocycles. The number of methoxy groups -OCH3 is 1. The summed E-state index contributed by atoms with van der Waals surface area (Å²) in [6, 6.07) is 0. The Morgan fingerprint density at radius 3 is 2.92 bits per heavy atom. The van der Waals surface area contributed by atoms with E-state index in [1.54, 1.807) is 7.11 Å². The number of ether oxygens (including phenoxy) is 1. The third kappa shape index (κ3) is 3.24. The average molecular weight is 392 g/mol. The number of rotatable bonds is 5. The first kappa shape index (κ1) is 17.2. The Bertz CT molecular complexity index is 1020. The second kappa shape index (κ2) is 7.17. The molecule has 0 fully saturated rings. The number of thiophene rings is 1. The highest BCUT2D eigenvalue weighted by molar-refractivity contribution is 7.18. The summed E-state index contributed by atoms with van der Waals surface area (Å²) in [6.45, 7) is 0.115. The van der Waals surface area contributed by atoms with Gasteiger partial charge in [-0.25, -0.2) is 4.68 Å². The van der Waals surface area contributed by atoms with E-state index in [4.69, 9.17) is 4.74 Å². The zero-order valence-electron chi connectivity index (χ0n) is 14.0. The third-order valence-corrected chi connectivity index (χ3v) is 6.11. The molecule has 9 nitrogen and oxygen atoms in total. The van der Waals surface area contributed by atoms with Gasteiger partial charge in [-0.05, 0) is 31.2 Å². The molecule has 0 radical (unpaired) electrons. The molecule has 1 aliphatic carbocycles. The highest BCUT2D eigenvalue weighted by atomic mass is 32.1. The van der Waals surface area contributed by atoms with Gasteiger partial charge in [0.2, 0.25) is 11.0 Å². The summed E-state index contributed by atoms with van der Waals surface area (Å²) in [4.78, 5) is 26.9. The van der Waals surface area contributed by atoms with E-state index in [1.807, 2.05) is 0 Å². The fraction of sp³-hybridized carbons (Fsp3) is 0.467. The summed E-state index contributed by atoms with van der Waals surface area (Å²) in [6.07, 6.45) is 4.07. The van der Waals surface area contributed by atoms with Gasteiger partial charge in [0.1, 0.15) is 18.2 Å². The minimum Gasteiger partial charge on any atom is -0.377 e. The van der Waals surface area contributed by atoms with Crippen molar-refractivity contribution < 1.29 is 9.53 Å². The molecule has 0 aliphatic heterocycles. The van der Waals surface area contributed by atoms with Crippen molar-refractivity contribution in [2.75, 3.05) is 12.4 Å². The molecule has 1 aliphatic rings. The molecule has 1 N–H and O–H groups in total. The predicted molar refractivity (Wildman–Crippen MR) is 97.6 cm³/mol. The molecule has 0 saturated heterocycles. The van der Waals surface area contributed by atoms with Gasteiger partial charge < -0.3 is 4.74 Å². The highest BCUT2D eigenvalue weighted by Crippen LogP contribution is 2.33. The van der Waals surface area contributed by atoms with Crippen LogP contribution in [-0.2, 0) is 35.5 Å². The predicted octanol–water partition coefficient (Wildman–Crippen LogP) is 1.37. The maximum Gasteiger partial charge on any atom is 0.279 e. The SMILES string of the molecule is COCc1nnc(NC(=O)Cn2nnc3sc4c(c3c2=O)CCCC4)s1. The van der Waals surface area contributed by atoms with Crippen molar-refractivity contribution in [3.63, 3.8) is 0 Å². The van der Waals surface area contributed by atoms with Crippen LogP contribution in [0.4, 0.5) is 5.13 Å². The number of amides is 1. The molecule has 0 bridgehead atoms. The van der Waals surface area contributed by atoms with E-state index in [-0.39, 0.29) is 12.1 Å². The number of hydrogen-bond acceptors (Lipinski definition) is 9. The number of nitrogens with one attached hydrogen (secondary N) is 1. The Balaban J connectivity index is 1.55. The van der Waals surface area contributed by atoms with Crippen molar-refractivity contribution in [3.8, 4) is 0 Å². The molecule has 11 heteroatoms. The summed E-state index contributed by atoms with van der Waals surface area (Å²) >= 11 is 2.76. The van der Waals surface area contributed by atoms with Gasteiger partial charge in [-0.3, -0.25) is 14.9 Å². The van der Waals surface area contributed by atoms with Crippen LogP contribution >= 0.6 is 22.7 Å². The Hall–Kier alpha value is -2.24. The molecule has 1 amide bonds. The number of carbonyl (C=O) groups excluding carboxylic acids is 1. The molecule has 4 rings (SSSR count). The molecular formula is C15H16N6O3S2. The number of carbonyl (C=O) groups is 1. The van der Waals surface area contributed by atoms with E-state index < -0.39 is 5.91 Å². The van der Waals surface area contributed by atoms with Crippen molar-refractivity contribution in [3.05, 3.63) is 25.8 Å². The normalized spacial score (nSPS) is 13.7. The van der Waals surface area contributed by atoms with Gasteiger partial charge >= 0.3 is 0 Å². The Morgan fingerprint density at radius 1 is 1.23 bits per heavy atom. The first-order chi connectivity index (χ1) is 12.7. The third-order valence-electron chi connectivity index (χ3n) is 4.12. The molecule has 26 heavy (non-hydrogen) atoms. The number of aryl methyl sites for hydroxylation is 2. The minimum absolute atomic E-state index is 0.217. The second-order valence-electron chi connectivity index (χ2n) is 5.93. The quantitative estimate of drug-likeness (QED) is 0.698. The van der Waals surface area contributed by atoms with Crippen molar-refractivity contribution in [2.45, 2.75) is 38.8 Å². The number of fused-ring (bicyclic) bond motifs is 3. The van der Waals surface area contributed by atoms with Crippen molar-refractivity contribution in [1.29, 1.82) is 0 Å². The second-order valence-corrected chi connectivity index (χ2v) is 8.07. The molecule has 0 atom stereocenters. The van der Waals surface area contributed by atoms with Gasteiger partial charge in [0, 0.05) is 12.0 Å². The lowest BCUT2D eigenvalue weighted by Crippen LogP contribution is -2.30. The first-order valence-corrected chi connectivity index (χ1v) is 9.78. The largest absolute Gasteiger partial charge is 0.377 e. The lowest BCUT2D eigenvalue weighted by molar-refractivity contribution is -0.117. The zero-order chi connectivity index (χ0) is 18.1. The maximum atomic E-state index is 12.8. The van der Waals surface area contributed by atoms with E-state index in [9.17, 15) is 9.59 Å². The number of anilines is 1. The van der Waals surface area contributed by atoms with Gasteiger partial charge in [-0.15, -0.1) is 26.6 Å². The topological polar surface area (TPSA) is 112 Å². The van der Waals surface area contributed by atoms with E-state index in [2.05, 4.69) is 25.8 Å². The molecule has 136 valence electrons. The van der Waals surface area contributed by atoms with Crippen molar-refractivity contribution in [2.24, 2.45) is 0 Å². The monoisotopic (exact) mass is 392 g/mol. The fourth-order valence-corrected chi connectivity index (χ4v) is 4.92. The van der Waals surface area contributed by atoms with E-state index in [0.29, 0.717) is 27.0 Å². The van der Waals surface area contributed by atoms with Crippen molar-refractivity contribution in [1.82, 2.24) is 25.2 Å². The van der Waals surface area contributed by atoms with Gasteiger partial charge in [0.25, 0.3) is 5.56 Å². The van der Waals surface area contributed by atoms with Crippen molar-refractivity contribution >= 4 is 43.9 Å². The Morgan fingerprint density at radius 2 is 2.08 bits per heavy atom. The number of nitrogens with zero attached hydrogens (tertiary/aromatic N) is 5. The standard InChI is InChI=1S/C15H16N6O3S2/c1-24-7-11-17-19-15(26-11)16-10(22)6-21-14(23)12-8-4-2-3-5-9(8)25-13(12)18-20-21/h2-7H2,1H3,(H,16,19,22). The minimum atomic E-state index is -0.398. The molecule has 3 aromatic heterocycles. The highest BCUT2D eigenvalue weighted by Gasteiger charge is 2.21. The van der Waals surface area contributed by atoms with Crippen LogP contribution in [0, 0.1) is 0 Å². The van der Waals surface area contributed by atoms with Crippen LogP contribution < -0.4 is 10.9 Å². The summed E-state index contributed by atoms with van der Waals surface area (Å²) in [5, 5.41) is 20.1. The summed E-state index contributed by atoms with van der Waals surface area (Å²) < 4.78 is 6.08. The first-order valence-electron chi connectivity index (χ1n) is 8.15. The number of hydrogen-bond donors (Lipinski definition) is 1. The summed E-state index contributed by atoms with van der Waals surface area (Å²) in [7, 11) is 1.56. The summed E-state index contributed by atoms with van der Waals surface area (Å²) in [5.74, 6) is -0.398. The van der Waals surface area contributed by atoms with Crippen LogP contribution in [0.3, 0.4) is 0 Å². The summed E-state index contributed by atoms with van der Waals surface area (Å²) in [5.41, 5.74) is 0.820. The fourth-order valence-electron chi connectivity index (χ4n) is 2.99. The number of aromatic nitrogens is 5. The smallest absolute Gasteiger partial charge is 0.279 e. The van der Waals surface area contributed by atoms with Gasteiger partial charge in [0.15, 0.2) is 4.83 Å². The maximum absolute atomic E-state index is 12.8. The Kier molecular flexibility index (Phi) is 4.74. The molecule has 0 unspecified atom stereocenters. The average Bonchev–Trinajstić information content (AvgIpc) is 3.22. The van der Waals surface area contributed by atoms with E-state index in [1.165, 1.54) is 27.6 Å². The lowest BCUT2D eigenvalue weighted by Gasteiger charge is -2.10. The van der Waals surface area contributed by atoms with Crippen LogP contribution in [0.1, 0.15) is 28.3 Å². The van der Waals surface area contributed by atoms with Crippen LogP contribution in [0.5, 0.6) is 0 Å². The van der Waals surface area contributed by atoms with E-state index >= 15 is 0 Å². The molecule has 3 aromatic rings. The van der Waals surface area contributed by atoms with Gasteiger partial charge in [0.05, 0.1) is 5.39 Å². The van der Waals surface area contributed by atoms with Crippen LogP contribution in [0.2, 0.25) is 0 Å². The molecule has 0 aromatic carbocycles. The van der Waals surface area contributed by atoms with Crippen LogP contribution in [0.15, 0.2) is 4.79 Å². The lowest BCUT2D eigenvalue weighted by atomic mass is 9.97. The Labute approximate surface area is 156 Å². The van der Waals surface area contributed by atoms with Gasteiger partial charge in [-0.1, -0.05) is 16.6 Å². The van der Waals surface area contributed by atoms with Gasteiger partial charge in [-0.2, -0.15) is 0 Å². The van der Waals surface area contributed by atoms with E-state index in [0.717, 1.165) is 35.9 Å². The molecular weight excluding hydrogens is 376 g/mol. The molecule has 0 saturated carbocycles. The van der Waals surface area contributed by atoms with Crippen LogP contribution in [0.25, 0.3) is 10.2 Å².